The van der Waals surface area contributed by atoms with E-state index in [9.17, 15) is 4.79 Å². The second-order valence-corrected chi connectivity index (χ2v) is 7.28. The minimum absolute atomic E-state index is 0.0568. The van der Waals surface area contributed by atoms with E-state index in [0.29, 0.717) is 24.4 Å². The van der Waals surface area contributed by atoms with Gasteiger partial charge in [-0.15, -0.1) is 11.8 Å². The van der Waals surface area contributed by atoms with Gasteiger partial charge in [-0.25, -0.2) is 0 Å². The van der Waals surface area contributed by atoms with E-state index in [-0.39, 0.29) is 5.25 Å². The van der Waals surface area contributed by atoms with Crippen LogP contribution < -0.4 is 5.73 Å². The first-order valence-corrected chi connectivity index (χ1v) is 8.87. The molecular weight excluding hydrogens is 280 g/mol. The Bertz CT molecular complexity index is 494. The summed E-state index contributed by atoms with van der Waals surface area (Å²) in [7, 11) is 0. The molecule has 3 rings (SSSR count). The van der Waals surface area contributed by atoms with Gasteiger partial charge in [-0.05, 0) is 50.3 Å². The highest BCUT2D eigenvalue weighted by atomic mass is 32.2. The predicted molar refractivity (Wildman–Crippen MR) is 87.4 cm³/mol. The molecule has 1 fully saturated rings. The fourth-order valence-corrected chi connectivity index (χ4v) is 5.03. The maximum absolute atomic E-state index is 13.0. The number of nitrogens with zero attached hydrogens (tertiary/aromatic N) is 1. The van der Waals surface area contributed by atoms with Gasteiger partial charge in [0.15, 0.2) is 0 Å². The average molecular weight is 304 g/mol. The molecule has 1 aromatic carbocycles. The SMILES string of the molecule is CCN(C(=O)C1Cc2ccccc2S1)C1CCCC1CN. The van der Waals surface area contributed by atoms with Crippen LogP contribution in [0.25, 0.3) is 0 Å². The zero-order chi connectivity index (χ0) is 14.8. The Hall–Kier alpha value is -1.00. The van der Waals surface area contributed by atoms with E-state index in [2.05, 4.69) is 36.1 Å². The molecule has 1 aromatic rings. The summed E-state index contributed by atoms with van der Waals surface area (Å²) in [6.45, 7) is 3.59. The van der Waals surface area contributed by atoms with Crippen LogP contribution in [0, 0.1) is 5.92 Å². The molecule has 21 heavy (non-hydrogen) atoms. The highest BCUT2D eigenvalue weighted by Crippen LogP contribution is 2.39. The average Bonchev–Trinajstić information content (AvgIpc) is 3.14. The molecule has 1 aliphatic heterocycles. The molecule has 2 aliphatic rings. The molecule has 2 N–H and O–H groups in total. The third-order valence-electron chi connectivity index (χ3n) is 4.87. The first-order valence-electron chi connectivity index (χ1n) is 7.99. The molecule has 0 saturated heterocycles. The standard InChI is InChI=1S/C17H24N2OS/c1-2-19(14-8-5-7-13(14)11-18)17(20)16-10-12-6-3-4-9-15(12)21-16/h3-4,6,9,13-14,16H,2,5,7-8,10-11,18H2,1H3. The highest BCUT2D eigenvalue weighted by molar-refractivity contribution is 8.01. The van der Waals surface area contributed by atoms with Crippen LogP contribution in [0.15, 0.2) is 29.2 Å². The maximum Gasteiger partial charge on any atom is 0.236 e. The molecule has 3 unspecified atom stereocenters. The fraction of sp³-hybridized carbons (Fsp3) is 0.588. The molecule has 0 spiro atoms. The van der Waals surface area contributed by atoms with Gasteiger partial charge in [-0.1, -0.05) is 24.6 Å². The zero-order valence-corrected chi connectivity index (χ0v) is 13.4. The van der Waals surface area contributed by atoms with Gasteiger partial charge in [0.2, 0.25) is 5.91 Å². The molecule has 1 amide bonds. The van der Waals surface area contributed by atoms with Crippen molar-refractivity contribution in [3.05, 3.63) is 29.8 Å². The van der Waals surface area contributed by atoms with Crippen molar-refractivity contribution in [1.82, 2.24) is 4.90 Å². The molecule has 3 nitrogen and oxygen atoms in total. The van der Waals surface area contributed by atoms with Crippen LogP contribution in [0.2, 0.25) is 0 Å². The second-order valence-electron chi connectivity index (χ2n) is 6.04. The van der Waals surface area contributed by atoms with Crippen molar-refractivity contribution in [2.75, 3.05) is 13.1 Å². The Balaban J connectivity index is 1.72. The number of fused-ring (bicyclic) bond motifs is 1. The lowest BCUT2D eigenvalue weighted by atomic mass is 10.0. The first kappa shape index (κ1) is 14.9. The molecular formula is C17H24N2OS. The van der Waals surface area contributed by atoms with Gasteiger partial charge in [-0.2, -0.15) is 0 Å². The smallest absolute Gasteiger partial charge is 0.236 e. The van der Waals surface area contributed by atoms with Gasteiger partial charge in [0.05, 0.1) is 5.25 Å². The van der Waals surface area contributed by atoms with Crippen molar-refractivity contribution in [3.8, 4) is 0 Å². The molecule has 114 valence electrons. The lowest BCUT2D eigenvalue weighted by Crippen LogP contribution is -2.47. The molecule has 3 atom stereocenters. The van der Waals surface area contributed by atoms with E-state index in [0.717, 1.165) is 19.4 Å². The number of benzene rings is 1. The number of carbonyl (C=O) groups excluding carboxylic acids is 1. The second kappa shape index (κ2) is 6.41. The summed E-state index contributed by atoms with van der Waals surface area (Å²) < 4.78 is 0. The number of hydrogen-bond donors (Lipinski definition) is 1. The number of thioether (sulfide) groups is 1. The van der Waals surface area contributed by atoms with E-state index in [4.69, 9.17) is 5.73 Å². The topological polar surface area (TPSA) is 46.3 Å². The van der Waals surface area contributed by atoms with E-state index in [1.54, 1.807) is 11.8 Å². The van der Waals surface area contributed by atoms with Crippen LogP contribution in [0.5, 0.6) is 0 Å². The van der Waals surface area contributed by atoms with Crippen LogP contribution in [0.4, 0.5) is 0 Å². The minimum Gasteiger partial charge on any atom is -0.339 e. The van der Waals surface area contributed by atoms with Crippen LogP contribution in [0.3, 0.4) is 0 Å². The summed E-state index contributed by atoms with van der Waals surface area (Å²) in [5.41, 5.74) is 7.21. The van der Waals surface area contributed by atoms with Gasteiger partial charge in [-0.3, -0.25) is 4.79 Å². The van der Waals surface area contributed by atoms with Crippen LogP contribution >= 0.6 is 11.8 Å². The Labute approximate surface area is 131 Å². The van der Waals surface area contributed by atoms with E-state index >= 15 is 0 Å². The fourth-order valence-electron chi connectivity index (χ4n) is 3.76. The van der Waals surface area contributed by atoms with Crippen LogP contribution in [-0.4, -0.2) is 35.2 Å². The molecule has 1 heterocycles. The lowest BCUT2D eigenvalue weighted by molar-refractivity contribution is -0.133. The zero-order valence-electron chi connectivity index (χ0n) is 12.6. The van der Waals surface area contributed by atoms with E-state index in [1.807, 2.05) is 0 Å². The van der Waals surface area contributed by atoms with E-state index < -0.39 is 0 Å². The Morgan fingerprint density at radius 1 is 1.38 bits per heavy atom. The molecule has 0 bridgehead atoms. The molecule has 1 aliphatic carbocycles. The van der Waals surface area contributed by atoms with Crippen LogP contribution in [-0.2, 0) is 11.2 Å². The number of carbonyl (C=O) groups is 1. The van der Waals surface area contributed by atoms with Gasteiger partial charge in [0.1, 0.15) is 0 Å². The van der Waals surface area contributed by atoms with Crippen molar-refractivity contribution in [2.45, 2.75) is 48.8 Å². The molecule has 0 aromatic heterocycles. The third kappa shape index (κ3) is 2.84. The summed E-state index contributed by atoms with van der Waals surface area (Å²) in [4.78, 5) is 16.3. The van der Waals surface area contributed by atoms with Crippen molar-refractivity contribution in [2.24, 2.45) is 11.7 Å². The van der Waals surface area contributed by atoms with Crippen molar-refractivity contribution >= 4 is 17.7 Å². The minimum atomic E-state index is 0.0568. The predicted octanol–water partition coefficient (Wildman–Crippen LogP) is 2.68. The third-order valence-corrected chi connectivity index (χ3v) is 6.17. The van der Waals surface area contributed by atoms with Gasteiger partial charge in [0.25, 0.3) is 0 Å². The largest absolute Gasteiger partial charge is 0.339 e. The molecule has 1 saturated carbocycles. The number of amides is 1. The summed E-state index contributed by atoms with van der Waals surface area (Å²) in [6, 6.07) is 8.74. The number of nitrogens with two attached hydrogens (primary N) is 1. The van der Waals surface area contributed by atoms with E-state index in [1.165, 1.54) is 23.3 Å². The molecule has 4 heteroatoms. The summed E-state index contributed by atoms with van der Waals surface area (Å²) in [5, 5.41) is 0.0568. The highest BCUT2D eigenvalue weighted by Gasteiger charge is 2.37. The van der Waals surface area contributed by atoms with Crippen molar-refractivity contribution < 1.29 is 4.79 Å². The lowest BCUT2D eigenvalue weighted by Gasteiger charge is -2.33. The van der Waals surface area contributed by atoms with Gasteiger partial charge in [0, 0.05) is 17.5 Å². The monoisotopic (exact) mass is 304 g/mol. The van der Waals surface area contributed by atoms with Crippen molar-refractivity contribution in [3.63, 3.8) is 0 Å². The quantitative estimate of drug-likeness (QED) is 0.930. The van der Waals surface area contributed by atoms with Gasteiger partial charge >= 0.3 is 0 Å². The maximum atomic E-state index is 13.0. The number of rotatable bonds is 4. The van der Waals surface area contributed by atoms with Crippen molar-refractivity contribution in [1.29, 1.82) is 0 Å². The Morgan fingerprint density at radius 3 is 2.90 bits per heavy atom. The van der Waals surface area contributed by atoms with Gasteiger partial charge < -0.3 is 10.6 Å². The Kier molecular flexibility index (Phi) is 4.55. The normalized spacial score (nSPS) is 27.6. The van der Waals surface area contributed by atoms with Crippen LogP contribution in [0.1, 0.15) is 31.7 Å². The Morgan fingerprint density at radius 2 is 2.19 bits per heavy atom. The summed E-state index contributed by atoms with van der Waals surface area (Å²) in [6.07, 6.45) is 4.36. The summed E-state index contributed by atoms with van der Waals surface area (Å²) in [5.74, 6) is 0.798. The summed E-state index contributed by atoms with van der Waals surface area (Å²) >= 11 is 1.73. The first-order chi connectivity index (χ1) is 10.2. The molecule has 0 radical (unpaired) electrons. The number of hydrogen-bond acceptors (Lipinski definition) is 3.